The summed E-state index contributed by atoms with van der Waals surface area (Å²) >= 11 is 0. The molecule has 1 aromatic rings. The van der Waals surface area contributed by atoms with Gasteiger partial charge in [0.2, 0.25) is 11.9 Å². The highest BCUT2D eigenvalue weighted by atomic mass is 16.2. The van der Waals surface area contributed by atoms with Crippen molar-refractivity contribution < 1.29 is 4.79 Å². The molecule has 92 valence electrons. The first kappa shape index (κ1) is 11.6. The molecule has 6 heteroatoms. The average molecular weight is 235 g/mol. The van der Waals surface area contributed by atoms with Crippen LogP contribution in [0.1, 0.15) is 18.5 Å². The second kappa shape index (κ2) is 4.99. The summed E-state index contributed by atoms with van der Waals surface area (Å²) in [6.07, 6.45) is 1.83. The third-order valence-electron chi connectivity index (χ3n) is 2.69. The van der Waals surface area contributed by atoms with E-state index in [4.69, 9.17) is 0 Å². The lowest BCUT2D eigenvalue weighted by Crippen LogP contribution is -2.44. The zero-order chi connectivity index (χ0) is 12.3. The van der Waals surface area contributed by atoms with E-state index in [0.717, 1.165) is 25.1 Å². The topological polar surface area (TPSA) is 78.9 Å². The number of rotatable bonds is 3. The van der Waals surface area contributed by atoms with Crippen molar-refractivity contribution in [2.75, 3.05) is 24.2 Å². The van der Waals surface area contributed by atoms with Gasteiger partial charge in [-0.3, -0.25) is 4.79 Å². The second-order valence-corrected chi connectivity index (χ2v) is 4.10. The molecule has 0 saturated carbocycles. The van der Waals surface area contributed by atoms with E-state index in [2.05, 4.69) is 25.9 Å². The summed E-state index contributed by atoms with van der Waals surface area (Å²) in [4.78, 5) is 20.1. The largest absolute Gasteiger partial charge is 0.358 e. The molecule has 0 spiro atoms. The molecule has 1 saturated heterocycles. The number of hydrogen-bond acceptors (Lipinski definition) is 5. The van der Waals surface area contributed by atoms with Crippen LogP contribution >= 0.6 is 0 Å². The van der Waals surface area contributed by atoms with Gasteiger partial charge in [-0.2, -0.15) is 4.98 Å². The van der Waals surface area contributed by atoms with Crippen molar-refractivity contribution in [2.24, 2.45) is 0 Å². The van der Waals surface area contributed by atoms with Crippen LogP contribution in [0.25, 0.3) is 0 Å². The van der Waals surface area contributed by atoms with Crippen molar-refractivity contribution in [1.82, 2.24) is 15.3 Å². The van der Waals surface area contributed by atoms with E-state index in [0.29, 0.717) is 11.8 Å². The second-order valence-electron chi connectivity index (χ2n) is 4.10. The van der Waals surface area contributed by atoms with Gasteiger partial charge >= 0.3 is 0 Å². The fourth-order valence-electron chi connectivity index (χ4n) is 1.84. The van der Waals surface area contributed by atoms with Gasteiger partial charge in [0, 0.05) is 25.4 Å². The first-order chi connectivity index (χ1) is 8.19. The van der Waals surface area contributed by atoms with Crippen molar-refractivity contribution in [1.29, 1.82) is 0 Å². The monoisotopic (exact) mass is 235 g/mol. The minimum absolute atomic E-state index is 0.0403. The van der Waals surface area contributed by atoms with Gasteiger partial charge in [-0.1, -0.05) is 0 Å². The van der Waals surface area contributed by atoms with Crippen LogP contribution in [0.2, 0.25) is 0 Å². The summed E-state index contributed by atoms with van der Waals surface area (Å²) in [5.74, 6) is 1.28. The Balaban J connectivity index is 2.11. The fourth-order valence-corrected chi connectivity index (χ4v) is 1.84. The Hall–Kier alpha value is -1.85. The Bertz CT molecular complexity index is 420. The predicted octanol–water partition coefficient (Wildman–Crippen LogP) is 0.517. The molecule has 1 aliphatic rings. The Kier molecular flexibility index (Phi) is 3.41. The SMILES string of the molecule is CNc1nc(C)cc(NC2CCCNC2=O)n1. The maximum absolute atomic E-state index is 11.6. The number of carbonyl (C=O) groups is 1. The summed E-state index contributed by atoms with van der Waals surface area (Å²) in [6.45, 7) is 2.66. The molecule has 1 aromatic heterocycles. The van der Waals surface area contributed by atoms with Gasteiger partial charge in [0.15, 0.2) is 0 Å². The van der Waals surface area contributed by atoms with Crippen LogP contribution in [0.4, 0.5) is 11.8 Å². The molecule has 17 heavy (non-hydrogen) atoms. The van der Waals surface area contributed by atoms with Gasteiger partial charge < -0.3 is 16.0 Å². The van der Waals surface area contributed by atoms with Crippen molar-refractivity contribution in [3.63, 3.8) is 0 Å². The van der Waals surface area contributed by atoms with Crippen LogP contribution in [0, 0.1) is 6.92 Å². The number of amides is 1. The van der Waals surface area contributed by atoms with E-state index < -0.39 is 0 Å². The molecule has 2 rings (SSSR count). The molecule has 0 aromatic carbocycles. The maximum atomic E-state index is 11.6. The van der Waals surface area contributed by atoms with Crippen LogP contribution in [0.15, 0.2) is 6.07 Å². The molecule has 1 unspecified atom stereocenters. The van der Waals surface area contributed by atoms with E-state index in [9.17, 15) is 4.79 Å². The normalized spacial score (nSPS) is 19.6. The third kappa shape index (κ3) is 2.83. The molecule has 0 aliphatic carbocycles. The fraction of sp³-hybridized carbons (Fsp3) is 0.545. The summed E-state index contributed by atoms with van der Waals surface area (Å²) in [7, 11) is 1.77. The number of nitrogens with zero attached hydrogens (tertiary/aromatic N) is 2. The zero-order valence-corrected chi connectivity index (χ0v) is 10.1. The Morgan fingerprint density at radius 1 is 1.47 bits per heavy atom. The van der Waals surface area contributed by atoms with Gasteiger partial charge in [0.05, 0.1) is 0 Å². The minimum atomic E-state index is -0.192. The van der Waals surface area contributed by atoms with Gasteiger partial charge in [-0.05, 0) is 19.8 Å². The number of nitrogens with one attached hydrogen (secondary N) is 3. The Labute approximate surface area is 100 Å². The first-order valence-electron chi connectivity index (χ1n) is 5.77. The number of carbonyl (C=O) groups excluding carboxylic acids is 1. The van der Waals surface area contributed by atoms with Crippen molar-refractivity contribution in [3.8, 4) is 0 Å². The van der Waals surface area contributed by atoms with E-state index in [1.165, 1.54) is 0 Å². The number of piperidine rings is 1. The lowest BCUT2D eigenvalue weighted by molar-refractivity contribution is -0.123. The van der Waals surface area contributed by atoms with Gasteiger partial charge in [-0.25, -0.2) is 4.98 Å². The van der Waals surface area contributed by atoms with E-state index >= 15 is 0 Å². The van der Waals surface area contributed by atoms with E-state index in [1.807, 2.05) is 13.0 Å². The molecule has 3 N–H and O–H groups in total. The number of aryl methyl sites for hydroxylation is 1. The van der Waals surface area contributed by atoms with Gasteiger partial charge in [0.1, 0.15) is 11.9 Å². The zero-order valence-electron chi connectivity index (χ0n) is 10.1. The van der Waals surface area contributed by atoms with Crippen LogP contribution < -0.4 is 16.0 Å². The average Bonchev–Trinajstić information content (AvgIpc) is 2.31. The third-order valence-corrected chi connectivity index (χ3v) is 2.69. The molecule has 1 aliphatic heterocycles. The molecular weight excluding hydrogens is 218 g/mol. The van der Waals surface area contributed by atoms with E-state index in [1.54, 1.807) is 7.05 Å². The van der Waals surface area contributed by atoms with Crippen LogP contribution in [-0.4, -0.2) is 35.5 Å². The summed E-state index contributed by atoms with van der Waals surface area (Å²) in [6, 6.07) is 1.64. The minimum Gasteiger partial charge on any atom is -0.358 e. The molecule has 0 radical (unpaired) electrons. The number of hydrogen-bond donors (Lipinski definition) is 3. The molecular formula is C11H17N5O. The molecule has 1 fully saturated rings. The molecule has 0 bridgehead atoms. The lowest BCUT2D eigenvalue weighted by atomic mass is 10.1. The first-order valence-corrected chi connectivity index (χ1v) is 5.77. The van der Waals surface area contributed by atoms with Crippen LogP contribution in [0.3, 0.4) is 0 Å². The van der Waals surface area contributed by atoms with E-state index in [-0.39, 0.29) is 11.9 Å². The Morgan fingerprint density at radius 2 is 2.29 bits per heavy atom. The molecule has 1 atom stereocenters. The standard InChI is InChI=1S/C11H17N5O/c1-7-6-9(16-11(12-2)14-7)15-8-4-3-5-13-10(8)17/h6,8H,3-5H2,1-2H3,(H,13,17)(H2,12,14,15,16). The Morgan fingerprint density at radius 3 is 3.00 bits per heavy atom. The highest BCUT2D eigenvalue weighted by molar-refractivity contribution is 5.85. The highest BCUT2D eigenvalue weighted by Gasteiger charge is 2.22. The molecule has 2 heterocycles. The van der Waals surface area contributed by atoms with Gasteiger partial charge in [-0.15, -0.1) is 0 Å². The maximum Gasteiger partial charge on any atom is 0.242 e. The lowest BCUT2D eigenvalue weighted by Gasteiger charge is -2.23. The smallest absolute Gasteiger partial charge is 0.242 e. The molecule has 1 amide bonds. The van der Waals surface area contributed by atoms with Crippen molar-refractivity contribution >= 4 is 17.7 Å². The van der Waals surface area contributed by atoms with Crippen LogP contribution in [-0.2, 0) is 4.79 Å². The summed E-state index contributed by atoms with van der Waals surface area (Å²) in [5.41, 5.74) is 0.864. The summed E-state index contributed by atoms with van der Waals surface area (Å²) in [5, 5.41) is 8.87. The number of anilines is 2. The van der Waals surface area contributed by atoms with Crippen molar-refractivity contribution in [2.45, 2.75) is 25.8 Å². The summed E-state index contributed by atoms with van der Waals surface area (Å²) < 4.78 is 0. The van der Waals surface area contributed by atoms with Crippen LogP contribution in [0.5, 0.6) is 0 Å². The molecule has 6 nitrogen and oxygen atoms in total. The number of aromatic nitrogens is 2. The highest BCUT2D eigenvalue weighted by Crippen LogP contribution is 2.13. The van der Waals surface area contributed by atoms with Gasteiger partial charge in [0.25, 0.3) is 0 Å². The van der Waals surface area contributed by atoms with Crippen molar-refractivity contribution in [3.05, 3.63) is 11.8 Å². The predicted molar refractivity (Wildman–Crippen MR) is 66.0 cm³/mol. The quantitative estimate of drug-likeness (QED) is 0.711.